The van der Waals surface area contributed by atoms with Gasteiger partial charge in [-0.1, -0.05) is 11.8 Å². The fourth-order valence-corrected chi connectivity index (χ4v) is 3.08. The van der Waals surface area contributed by atoms with Crippen molar-refractivity contribution in [1.29, 1.82) is 0 Å². The normalized spacial score (nSPS) is 17.3. The van der Waals surface area contributed by atoms with Crippen LogP contribution in [0.4, 0.5) is 0 Å². The largest absolute Gasteiger partial charge is 0.465 e. The van der Waals surface area contributed by atoms with Gasteiger partial charge in [0.25, 0.3) is 0 Å². The lowest BCUT2D eigenvalue weighted by Gasteiger charge is -2.16. The Morgan fingerprint density at radius 1 is 1.60 bits per heavy atom. The standard InChI is InChI=1S/C14H15N3O2S/c18-13(4-3-12-2-1-9-19-12)15-6-5-11-10-20-14-16-7-8-17(11)14/h1-4,9-10H,5-8H2,(H,15,18)/b4-3+. The number of furan rings is 1. The molecular formula is C14H15N3O2S. The molecule has 0 atom stereocenters. The molecule has 0 saturated heterocycles. The molecule has 2 aliphatic heterocycles. The summed E-state index contributed by atoms with van der Waals surface area (Å²) >= 11 is 1.66. The number of aliphatic imine (C=N–C) groups is 1. The van der Waals surface area contributed by atoms with Gasteiger partial charge in [0, 0.05) is 31.3 Å². The quantitative estimate of drug-likeness (QED) is 0.843. The van der Waals surface area contributed by atoms with Gasteiger partial charge in [0.15, 0.2) is 5.17 Å². The highest BCUT2D eigenvalue weighted by Crippen LogP contribution is 2.30. The van der Waals surface area contributed by atoms with Crippen molar-refractivity contribution in [3.05, 3.63) is 41.3 Å². The Balaban J connectivity index is 1.42. The molecule has 0 aliphatic carbocycles. The van der Waals surface area contributed by atoms with Crippen LogP contribution in [-0.2, 0) is 4.79 Å². The summed E-state index contributed by atoms with van der Waals surface area (Å²) in [4.78, 5) is 18.2. The van der Waals surface area contributed by atoms with E-state index in [0.29, 0.717) is 12.3 Å². The fraction of sp³-hybridized carbons (Fsp3) is 0.286. The fourth-order valence-electron chi connectivity index (χ4n) is 2.09. The van der Waals surface area contributed by atoms with Gasteiger partial charge in [0.2, 0.25) is 5.91 Å². The van der Waals surface area contributed by atoms with Crippen LogP contribution in [0.1, 0.15) is 12.2 Å². The minimum atomic E-state index is -0.108. The first-order valence-electron chi connectivity index (χ1n) is 6.50. The molecule has 5 nitrogen and oxygen atoms in total. The average Bonchev–Trinajstić information content (AvgIpc) is 3.15. The molecule has 3 heterocycles. The SMILES string of the molecule is O=C(/C=C/c1ccco1)NCCC1=CSC2=NCCN12. The van der Waals surface area contributed by atoms with Crippen LogP contribution in [0.3, 0.4) is 0 Å². The number of amides is 1. The molecule has 20 heavy (non-hydrogen) atoms. The molecule has 0 bridgehead atoms. The number of rotatable bonds is 5. The van der Waals surface area contributed by atoms with E-state index in [1.807, 2.05) is 0 Å². The lowest BCUT2D eigenvalue weighted by molar-refractivity contribution is -0.116. The lowest BCUT2D eigenvalue weighted by Crippen LogP contribution is -2.26. The second-order valence-corrected chi connectivity index (χ2v) is 5.27. The van der Waals surface area contributed by atoms with Crippen molar-refractivity contribution in [3.8, 4) is 0 Å². The van der Waals surface area contributed by atoms with Crippen LogP contribution in [0.2, 0.25) is 0 Å². The highest BCUT2D eigenvalue weighted by Gasteiger charge is 2.25. The number of hydrogen-bond acceptors (Lipinski definition) is 5. The van der Waals surface area contributed by atoms with Crippen LogP contribution in [0, 0.1) is 0 Å². The van der Waals surface area contributed by atoms with Crippen LogP contribution in [0.25, 0.3) is 6.08 Å². The Kier molecular flexibility index (Phi) is 3.92. The average molecular weight is 289 g/mol. The van der Waals surface area contributed by atoms with Gasteiger partial charge in [0.05, 0.1) is 12.8 Å². The number of carbonyl (C=O) groups is 1. The molecule has 1 aromatic heterocycles. The molecule has 1 amide bonds. The Morgan fingerprint density at radius 3 is 3.40 bits per heavy atom. The van der Waals surface area contributed by atoms with E-state index in [4.69, 9.17) is 4.42 Å². The molecule has 0 radical (unpaired) electrons. The van der Waals surface area contributed by atoms with E-state index >= 15 is 0 Å². The van der Waals surface area contributed by atoms with Crippen LogP contribution >= 0.6 is 11.8 Å². The summed E-state index contributed by atoms with van der Waals surface area (Å²) in [6, 6.07) is 3.59. The van der Waals surface area contributed by atoms with Crippen LogP contribution in [-0.4, -0.2) is 35.6 Å². The van der Waals surface area contributed by atoms with Gasteiger partial charge < -0.3 is 14.6 Å². The van der Waals surface area contributed by atoms with E-state index in [1.165, 1.54) is 11.8 Å². The van der Waals surface area contributed by atoms with Gasteiger partial charge in [-0.15, -0.1) is 0 Å². The number of hydrogen-bond donors (Lipinski definition) is 1. The molecule has 1 N–H and O–H groups in total. The molecule has 0 fully saturated rings. The molecule has 104 valence electrons. The maximum atomic E-state index is 11.6. The van der Waals surface area contributed by atoms with Crippen molar-refractivity contribution in [2.24, 2.45) is 4.99 Å². The predicted octanol–water partition coefficient (Wildman–Crippen LogP) is 2.06. The third-order valence-electron chi connectivity index (χ3n) is 3.07. The number of fused-ring (bicyclic) bond motifs is 1. The molecule has 0 aromatic carbocycles. The molecule has 1 aromatic rings. The minimum Gasteiger partial charge on any atom is -0.465 e. The van der Waals surface area contributed by atoms with Crippen LogP contribution < -0.4 is 5.32 Å². The second kappa shape index (κ2) is 6.00. The van der Waals surface area contributed by atoms with E-state index in [2.05, 4.69) is 20.6 Å². The summed E-state index contributed by atoms with van der Waals surface area (Å²) in [7, 11) is 0. The van der Waals surface area contributed by atoms with E-state index in [-0.39, 0.29) is 5.91 Å². The van der Waals surface area contributed by atoms with Crippen molar-refractivity contribution in [2.75, 3.05) is 19.6 Å². The number of carbonyl (C=O) groups excluding carboxylic acids is 1. The number of nitrogens with zero attached hydrogens (tertiary/aromatic N) is 2. The van der Waals surface area contributed by atoms with Crippen molar-refractivity contribution in [2.45, 2.75) is 6.42 Å². The zero-order valence-corrected chi connectivity index (χ0v) is 11.7. The summed E-state index contributed by atoms with van der Waals surface area (Å²) in [5.41, 5.74) is 1.24. The van der Waals surface area contributed by atoms with Crippen LogP contribution in [0.15, 0.2) is 45.0 Å². The molecular weight excluding hydrogens is 274 g/mol. The number of nitrogens with one attached hydrogen (secondary N) is 1. The lowest BCUT2D eigenvalue weighted by atomic mass is 10.3. The molecule has 0 unspecified atom stereocenters. The first-order chi connectivity index (χ1) is 9.83. The zero-order valence-electron chi connectivity index (χ0n) is 10.9. The second-order valence-electron chi connectivity index (χ2n) is 4.43. The maximum absolute atomic E-state index is 11.6. The maximum Gasteiger partial charge on any atom is 0.244 e. The highest BCUT2D eigenvalue weighted by molar-refractivity contribution is 8.16. The van der Waals surface area contributed by atoms with Gasteiger partial charge in [-0.2, -0.15) is 0 Å². The Hall–Kier alpha value is -1.95. The van der Waals surface area contributed by atoms with Crippen molar-refractivity contribution in [1.82, 2.24) is 10.2 Å². The number of thioether (sulfide) groups is 1. The van der Waals surface area contributed by atoms with Gasteiger partial charge in [-0.3, -0.25) is 9.79 Å². The van der Waals surface area contributed by atoms with E-state index in [1.54, 1.807) is 36.2 Å². The minimum absolute atomic E-state index is 0.108. The predicted molar refractivity (Wildman–Crippen MR) is 80.1 cm³/mol. The van der Waals surface area contributed by atoms with Gasteiger partial charge >= 0.3 is 0 Å². The highest BCUT2D eigenvalue weighted by atomic mass is 32.2. The molecule has 2 aliphatic rings. The van der Waals surface area contributed by atoms with Gasteiger partial charge in [-0.25, -0.2) is 0 Å². The van der Waals surface area contributed by atoms with Crippen molar-refractivity contribution < 1.29 is 9.21 Å². The summed E-state index contributed by atoms with van der Waals surface area (Å²) in [5.74, 6) is 0.566. The monoisotopic (exact) mass is 289 g/mol. The van der Waals surface area contributed by atoms with Gasteiger partial charge in [0.1, 0.15) is 5.76 Å². The smallest absolute Gasteiger partial charge is 0.244 e. The molecule has 3 rings (SSSR count). The van der Waals surface area contributed by atoms with Crippen molar-refractivity contribution >= 4 is 28.9 Å². The Labute approximate surface area is 121 Å². The molecule has 6 heteroatoms. The van der Waals surface area contributed by atoms with Gasteiger partial charge in [-0.05, 0) is 23.6 Å². The summed E-state index contributed by atoms with van der Waals surface area (Å²) in [6.45, 7) is 2.45. The first-order valence-corrected chi connectivity index (χ1v) is 7.38. The third kappa shape index (κ3) is 2.96. The topological polar surface area (TPSA) is 57.8 Å². The van der Waals surface area contributed by atoms with E-state index in [9.17, 15) is 4.79 Å². The van der Waals surface area contributed by atoms with E-state index in [0.717, 1.165) is 24.7 Å². The Morgan fingerprint density at radius 2 is 2.55 bits per heavy atom. The third-order valence-corrected chi connectivity index (χ3v) is 4.02. The zero-order chi connectivity index (χ0) is 13.8. The Bertz CT molecular complexity index is 575. The molecule has 0 spiro atoms. The summed E-state index contributed by atoms with van der Waals surface area (Å²) < 4.78 is 5.12. The first kappa shape index (κ1) is 13.1. The van der Waals surface area contributed by atoms with E-state index < -0.39 is 0 Å². The summed E-state index contributed by atoms with van der Waals surface area (Å²) in [6.07, 6.45) is 5.55. The summed E-state index contributed by atoms with van der Waals surface area (Å²) in [5, 5.41) is 6.07. The number of amidine groups is 1. The van der Waals surface area contributed by atoms with Crippen LogP contribution in [0.5, 0.6) is 0 Å². The van der Waals surface area contributed by atoms with Crippen molar-refractivity contribution in [3.63, 3.8) is 0 Å². The molecule has 0 saturated carbocycles.